The van der Waals surface area contributed by atoms with Gasteiger partial charge in [0.05, 0.1) is 28.5 Å². The molecule has 0 radical (unpaired) electrons. The number of nitrogens with one attached hydrogen (secondary N) is 2. The molecular formula is C24H25N7O2S. The third kappa shape index (κ3) is 3.80. The SMILES string of the molecule is Cc1cc(NCNS(=O)(=O)c2ccccc2)n2nc(C)c(-c3ccc4c(c3)c(C)nn4C)c2n1. The third-order valence-corrected chi connectivity index (χ3v) is 7.22. The molecule has 174 valence electrons. The van der Waals surface area contributed by atoms with E-state index in [0.717, 1.165) is 39.1 Å². The lowest BCUT2D eigenvalue weighted by atomic mass is 10.0. The molecule has 3 aromatic heterocycles. The average molecular weight is 476 g/mol. The Bertz CT molecular complexity index is 1640. The molecule has 0 bridgehead atoms. The van der Waals surface area contributed by atoms with Gasteiger partial charge in [0.2, 0.25) is 10.0 Å². The number of sulfonamides is 1. The van der Waals surface area contributed by atoms with E-state index in [2.05, 4.69) is 33.3 Å². The zero-order valence-corrected chi connectivity index (χ0v) is 20.2. The van der Waals surface area contributed by atoms with E-state index in [1.807, 2.05) is 38.6 Å². The summed E-state index contributed by atoms with van der Waals surface area (Å²) in [7, 11) is -1.69. The highest BCUT2D eigenvalue weighted by Gasteiger charge is 2.18. The van der Waals surface area contributed by atoms with Gasteiger partial charge in [-0.05, 0) is 50.6 Å². The molecule has 5 rings (SSSR count). The van der Waals surface area contributed by atoms with Crippen molar-refractivity contribution in [2.75, 3.05) is 12.0 Å². The first-order chi connectivity index (χ1) is 16.2. The standard InChI is InChI=1S/C24H25N7O2S/c1-15-12-22(25-14-26-34(32,33)19-8-6-5-7-9-19)31-24(27-15)23(17(3)29-31)18-10-11-21-20(13-18)16(2)28-30(21)4/h5-13,25-26H,14H2,1-4H3. The van der Waals surface area contributed by atoms with Gasteiger partial charge in [-0.2, -0.15) is 19.4 Å². The zero-order chi connectivity index (χ0) is 24.0. The largest absolute Gasteiger partial charge is 0.356 e. The molecule has 0 unspecified atom stereocenters. The number of rotatable bonds is 6. The second-order valence-corrected chi connectivity index (χ2v) is 10.0. The van der Waals surface area contributed by atoms with Gasteiger partial charge in [0, 0.05) is 29.8 Å². The normalized spacial score (nSPS) is 12.0. The first kappa shape index (κ1) is 22.1. The molecule has 5 aromatic rings. The molecule has 3 heterocycles. The van der Waals surface area contributed by atoms with Crippen LogP contribution in [0, 0.1) is 20.8 Å². The molecule has 0 saturated heterocycles. The lowest BCUT2D eigenvalue weighted by Gasteiger charge is -2.11. The smallest absolute Gasteiger partial charge is 0.242 e. The van der Waals surface area contributed by atoms with Crippen LogP contribution in [0.4, 0.5) is 5.82 Å². The number of benzene rings is 2. The van der Waals surface area contributed by atoms with E-state index in [0.29, 0.717) is 11.5 Å². The summed E-state index contributed by atoms with van der Waals surface area (Å²) >= 11 is 0. The fraction of sp³-hybridized carbons (Fsp3) is 0.208. The summed E-state index contributed by atoms with van der Waals surface area (Å²) < 4.78 is 31.2. The van der Waals surface area contributed by atoms with Crippen molar-refractivity contribution < 1.29 is 8.42 Å². The minimum Gasteiger partial charge on any atom is -0.356 e. The van der Waals surface area contributed by atoms with Crippen molar-refractivity contribution in [3.05, 3.63) is 71.7 Å². The molecule has 0 aliphatic carbocycles. The van der Waals surface area contributed by atoms with E-state index in [4.69, 9.17) is 10.1 Å². The second-order valence-electron chi connectivity index (χ2n) is 8.23. The molecule has 0 saturated carbocycles. The number of aryl methyl sites for hydroxylation is 4. The first-order valence-corrected chi connectivity index (χ1v) is 12.3. The van der Waals surface area contributed by atoms with Crippen LogP contribution in [0.3, 0.4) is 0 Å². The third-order valence-electron chi connectivity index (χ3n) is 5.80. The molecule has 0 aliphatic rings. The Balaban J connectivity index is 1.50. The number of fused-ring (bicyclic) bond motifs is 2. The minimum atomic E-state index is -3.63. The van der Waals surface area contributed by atoms with E-state index in [1.54, 1.807) is 34.8 Å². The number of nitrogens with zero attached hydrogens (tertiary/aromatic N) is 5. The summed E-state index contributed by atoms with van der Waals surface area (Å²) in [5, 5.41) is 13.4. The second kappa shape index (κ2) is 8.23. The van der Waals surface area contributed by atoms with E-state index in [9.17, 15) is 8.42 Å². The van der Waals surface area contributed by atoms with E-state index in [1.165, 1.54) is 0 Å². The van der Waals surface area contributed by atoms with E-state index in [-0.39, 0.29) is 11.6 Å². The lowest BCUT2D eigenvalue weighted by molar-refractivity contribution is 0.584. The van der Waals surface area contributed by atoms with Gasteiger partial charge in [0.1, 0.15) is 5.82 Å². The van der Waals surface area contributed by atoms with Crippen LogP contribution in [-0.2, 0) is 17.1 Å². The number of aromatic nitrogens is 5. The Morgan fingerprint density at radius 1 is 0.941 bits per heavy atom. The Morgan fingerprint density at radius 3 is 2.47 bits per heavy atom. The minimum absolute atomic E-state index is 0.00482. The maximum absolute atomic E-state index is 12.5. The first-order valence-electron chi connectivity index (χ1n) is 10.8. The van der Waals surface area contributed by atoms with Gasteiger partial charge < -0.3 is 5.32 Å². The van der Waals surface area contributed by atoms with Crippen LogP contribution in [-0.4, -0.2) is 39.5 Å². The van der Waals surface area contributed by atoms with Crippen LogP contribution in [0.1, 0.15) is 17.1 Å². The predicted molar refractivity (Wildman–Crippen MR) is 132 cm³/mol. The van der Waals surface area contributed by atoms with Crippen molar-refractivity contribution in [1.29, 1.82) is 0 Å². The van der Waals surface area contributed by atoms with Gasteiger partial charge in [-0.1, -0.05) is 24.3 Å². The molecule has 34 heavy (non-hydrogen) atoms. The molecule has 0 fully saturated rings. The van der Waals surface area contributed by atoms with Crippen LogP contribution in [0.15, 0.2) is 59.5 Å². The highest BCUT2D eigenvalue weighted by Crippen LogP contribution is 2.32. The summed E-state index contributed by atoms with van der Waals surface area (Å²) in [6.07, 6.45) is 0. The predicted octanol–water partition coefficient (Wildman–Crippen LogP) is 3.56. The van der Waals surface area contributed by atoms with Crippen molar-refractivity contribution >= 4 is 32.4 Å². The molecule has 2 aromatic carbocycles. The van der Waals surface area contributed by atoms with Crippen molar-refractivity contribution in [1.82, 2.24) is 29.1 Å². The fourth-order valence-electron chi connectivity index (χ4n) is 4.21. The fourth-order valence-corrected chi connectivity index (χ4v) is 5.15. The Morgan fingerprint density at radius 2 is 1.71 bits per heavy atom. The van der Waals surface area contributed by atoms with Gasteiger partial charge in [-0.25, -0.2) is 13.4 Å². The summed E-state index contributed by atoms with van der Waals surface area (Å²) in [5.41, 5.74) is 6.28. The van der Waals surface area contributed by atoms with Crippen LogP contribution in [0.2, 0.25) is 0 Å². The van der Waals surface area contributed by atoms with Gasteiger partial charge in [0.15, 0.2) is 5.65 Å². The van der Waals surface area contributed by atoms with E-state index < -0.39 is 10.0 Å². The summed E-state index contributed by atoms with van der Waals surface area (Å²) in [6, 6.07) is 16.3. The molecule has 0 atom stereocenters. The number of anilines is 1. The molecule has 0 amide bonds. The number of hydrogen-bond acceptors (Lipinski definition) is 6. The Hall–Kier alpha value is -3.76. The van der Waals surface area contributed by atoms with Crippen molar-refractivity contribution in [2.24, 2.45) is 7.05 Å². The van der Waals surface area contributed by atoms with Gasteiger partial charge >= 0.3 is 0 Å². The quantitative estimate of drug-likeness (QED) is 0.364. The summed E-state index contributed by atoms with van der Waals surface area (Å²) in [4.78, 5) is 4.96. The summed E-state index contributed by atoms with van der Waals surface area (Å²) in [5.74, 6) is 0.645. The van der Waals surface area contributed by atoms with Crippen LogP contribution < -0.4 is 10.0 Å². The van der Waals surface area contributed by atoms with Crippen molar-refractivity contribution in [3.8, 4) is 11.1 Å². The maximum atomic E-state index is 12.5. The van der Waals surface area contributed by atoms with E-state index >= 15 is 0 Å². The number of hydrogen-bond donors (Lipinski definition) is 2. The van der Waals surface area contributed by atoms with Crippen molar-refractivity contribution in [3.63, 3.8) is 0 Å². The van der Waals surface area contributed by atoms with Crippen molar-refractivity contribution in [2.45, 2.75) is 25.7 Å². The van der Waals surface area contributed by atoms with Crippen LogP contribution >= 0.6 is 0 Å². The molecular weight excluding hydrogens is 450 g/mol. The molecule has 10 heteroatoms. The molecule has 0 spiro atoms. The lowest BCUT2D eigenvalue weighted by Crippen LogP contribution is -2.29. The molecule has 9 nitrogen and oxygen atoms in total. The van der Waals surface area contributed by atoms with Gasteiger partial charge in [0.25, 0.3) is 0 Å². The Labute approximate surface area is 197 Å². The van der Waals surface area contributed by atoms with Crippen LogP contribution in [0.5, 0.6) is 0 Å². The van der Waals surface area contributed by atoms with Gasteiger partial charge in [-0.15, -0.1) is 0 Å². The zero-order valence-electron chi connectivity index (χ0n) is 19.4. The highest BCUT2D eigenvalue weighted by molar-refractivity contribution is 7.89. The van der Waals surface area contributed by atoms with Gasteiger partial charge in [-0.3, -0.25) is 4.68 Å². The topological polar surface area (TPSA) is 106 Å². The average Bonchev–Trinajstić information content (AvgIpc) is 3.29. The molecule has 2 N–H and O–H groups in total. The maximum Gasteiger partial charge on any atom is 0.242 e. The molecule has 0 aliphatic heterocycles. The Kier molecular flexibility index (Phi) is 5.34. The highest BCUT2D eigenvalue weighted by atomic mass is 32.2. The van der Waals surface area contributed by atoms with Crippen LogP contribution in [0.25, 0.3) is 27.7 Å². The summed E-state index contributed by atoms with van der Waals surface area (Å²) in [6.45, 7) is 5.85. The monoisotopic (exact) mass is 475 g/mol.